The monoisotopic (exact) mass is 434 g/mol. The number of benzene rings is 3. The Morgan fingerprint density at radius 3 is 2.18 bits per heavy atom. The molecular weight excluding hydrogens is 420 g/mol. The van der Waals surface area contributed by atoms with Gasteiger partial charge >= 0.3 is 5.69 Å². The number of hydrogen-bond acceptors (Lipinski definition) is 3. The van der Waals surface area contributed by atoms with Gasteiger partial charge in [0.05, 0.1) is 23.1 Å². The van der Waals surface area contributed by atoms with Crippen LogP contribution in [0.2, 0.25) is 0 Å². The largest absolute Gasteiger partial charge is 0.336 e. The number of carbonyl (C=O) groups excluding carboxylic acids is 1. The maximum Gasteiger partial charge on any atom is 0.336 e. The lowest BCUT2D eigenvalue weighted by atomic mass is 10.1. The molecule has 0 aliphatic rings. The number of halogens is 1. The minimum atomic E-state index is -0.546. The van der Waals surface area contributed by atoms with Crippen molar-refractivity contribution in [2.75, 3.05) is 0 Å². The van der Waals surface area contributed by atoms with E-state index < -0.39 is 11.2 Å². The summed E-state index contributed by atoms with van der Waals surface area (Å²) in [5, 5.41) is 0.360. The van der Waals surface area contributed by atoms with E-state index in [4.69, 9.17) is 0 Å². The molecule has 6 heteroatoms. The van der Waals surface area contributed by atoms with Crippen LogP contribution in [0.1, 0.15) is 10.4 Å². The van der Waals surface area contributed by atoms with Gasteiger partial charge in [0.15, 0.2) is 5.78 Å². The van der Waals surface area contributed by atoms with Crippen LogP contribution >= 0.6 is 15.9 Å². The molecule has 0 fully saturated rings. The normalized spacial score (nSPS) is 10.9. The van der Waals surface area contributed by atoms with Gasteiger partial charge in [0.2, 0.25) is 0 Å². The van der Waals surface area contributed by atoms with Crippen LogP contribution in [0.5, 0.6) is 0 Å². The Morgan fingerprint density at radius 1 is 0.857 bits per heavy atom. The zero-order valence-electron chi connectivity index (χ0n) is 14.7. The molecule has 4 rings (SSSR count). The molecule has 0 saturated heterocycles. The van der Waals surface area contributed by atoms with Gasteiger partial charge in [-0.1, -0.05) is 64.5 Å². The second-order valence-electron chi connectivity index (χ2n) is 6.30. The van der Waals surface area contributed by atoms with E-state index in [0.717, 1.165) is 9.04 Å². The number of rotatable bonds is 4. The topological polar surface area (TPSA) is 61.1 Å². The van der Waals surface area contributed by atoms with Gasteiger partial charge in [0.1, 0.15) is 0 Å². The predicted octanol–water partition coefficient (Wildman–Crippen LogP) is 3.80. The van der Waals surface area contributed by atoms with E-state index in [9.17, 15) is 14.4 Å². The molecular formula is C22H15BrN2O3. The Bertz CT molecular complexity index is 1290. The van der Waals surface area contributed by atoms with Gasteiger partial charge in [-0.3, -0.25) is 14.2 Å². The molecule has 0 unspecified atom stereocenters. The second-order valence-corrected chi connectivity index (χ2v) is 7.21. The highest BCUT2D eigenvalue weighted by Crippen LogP contribution is 2.17. The Hall–Kier alpha value is -3.25. The molecule has 5 nitrogen and oxygen atoms in total. The van der Waals surface area contributed by atoms with E-state index in [2.05, 4.69) is 15.9 Å². The molecule has 0 atom stereocenters. The lowest BCUT2D eigenvalue weighted by Gasteiger charge is -2.14. The van der Waals surface area contributed by atoms with Crippen molar-refractivity contribution < 1.29 is 4.79 Å². The molecule has 4 aromatic rings. The zero-order chi connectivity index (χ0) is 19.7. The maximum absolute atomic E-state index is 13.2. The van der Waals surface area contributed by atoms with Crippen molar-refractivity contribution in [2.45, 2.75) is 6.54 Å². The summed E-state index contributed by atoms with van der Waals surface area (Å²) >= 11 is 3.38. The van der Waals surface area contributed by atoms with Gasteiger partial charge in [-0.2, -0.15) is 0 Å². The first-order chi connectivity index (χ1) is 13.6. The SMILES string of the molecule is O=C(Cn1c(=O)n(-c2ccccc2)c(=O)c2cc(Br)ccc21)c1ccccc1. The summed E-state index contributed by atoms with van der Waals surface area (Å²) < 4.78 is 3.18. The number of hydrogen-bond donors (Lipinski definition) is 0. The summed E-state index contributed by atoms with van der Waals surface area (Å²) in [7, 11) is 0. The van der Waals surface area contributed by atoms with Crippen LogP contribution < -0.4 is 11.2 Å². The minimum Gasteiger partial charge on any atom is -0.292 e. The highest BCUT2D eigenvalue weighted by atomic mass is 79.9. The first-order valence-corrected chi connectivity index (χ1v) is 9.44. The van der Waals surface area contributed by atoms with E-state index in [1.54, 1.807) is 66.7 Å². The zero-order valence-corrected chi connectivity index (χ0v) is 16.3. The molecule has 0 bridgehead atoms. The molecule has 1 heterocycles. The highest BCUT2D eigenvalue weighted by molar-refractivity contribution is 9.10. The van der Waals surface area contributed by atoms with Crippen LogP contribution in [-0.4, -0.2) is 14.9 Å². The van der Waals surface area contributed by atoms with Crippen molar-refractivity contribution >= 4 is 32.6 Å². The van der Waals surface area contributed by atoms with Crippen molar-refractivity contribution in [3.05, 3.63) is 110 Å². The number of carbonyl (C=O) groups is 1. The third-order valence-corrected chi connectivity index (χ3v) is 5.01. The average molecular weight is 435 g/mol. The third-order valence-electron chi connectivity index (χ3n) is 4.52. The van der Waals surface area contributed by atoms with Crippen LogP contribution in [0.25, 0.3) is 16.6 Å². The summed E-state index contributed by atoms with van der Waals surface area (Å²) in [5.74, 6) is -0.204. The smallest absolute Gasteiger partial charge is 0.292 e. The molecule has 1 aromatic heterocycles. The van der Waals surface area contributed by atoms with Crippen molar-refractivity contribution in [1.29, 1.82) is 0 Å². The molecule has 0 radical (unpaired) electrons. The Labute approximate surface area is 168 Å². The molecule has 0 spiro atoms. The van der Waals surface area contributed by atoms with Crippen molar-refractivity contribution in [3.63, 3.8) is 0 Å². The van der Waals surface area contributed by atoms with Gasteiger partial charge in [-0.25, -0.2) is 9.36 Å². The number of fused-ring (bicyclic) bond motifs is 1. The quantitative estimate of drug-likeness (QED) is 0.459. The van der Waals surface area contributed by atoms with E-state index >= 15 is 0 Å². The second kappa shape index (κ2) is 7.40. The van der Waals surface area contributed by atoms with Gasteiger partial charge in [-0.05, 0) is 30.3 Å². The summed E-state index contributed by atoms with van der Waals surface area (Å²) in [5.41, 5.74) is 0.429. The number of nitrogens with zero attached hydrogens (tertiary/aromatic N) is 2. The summed E-state index contributed by atoms with van der Waals surface area (Å²) in [6, 6.07) is 22.6. The summed E-state index contributed by atoms with van der Waals surface area (Å²) in [4.78, 5) is 39.0. The van der Waals surface area contributed by atoms with Gasteiger partial charge in [0, 0.05) is 10.0 Å². The summed E-state index contributed by atoms with van der Waals surface area (Å²) in [6.07, 6.45) is 0. The van der Waals surface area contributed by atoms with E-state index in [1.165, 1.54) is 4.57 Å². The minimum absolute atomic E-state index is 0.159. The fourth-order valence-electron chi connectivity index (χ4n) is 3.16. The molecule has 28 heavy (non-hydrogen) atoms. The Kier molecular flexibility index (Phi) is 4.79. The maximum atomic E-state index is 13.2. The summed E-state index contributed by atoms with van der Waals surface area (Å²) in [6.45, 7) is -0.159. The van der Waals surface area contributed by atoms with Gasteiger partial charge < -0.3 is 0 Å². The van der Waals surface area contributed by atoms with Crippen molar-refractivity contribution in [2.24, 2.45) is 0 Å². The van der Waals surface area contributed by atoms with Gasteiger partial charge in [-0.15, -0.1) is 0 Å². The molecule has 0 aliphatic heterocycles. The lowest BCUT2D eigenvalue weighted by molar-refractivity contribution is 0.0971. The Morgan fingerprint density at radius 2 is 1.50 bits per heavy atom. The molecule has 138 valence electrons. The molecule has 0 aliphatic carbocycles. The fourth-order valence-corrected chi connectivity index (χ4v) is 3.52. The first kappa shape index (κ1) is 18.1. The predicted molar refractivity (Wildman–Crippen MR) is 112 cm³/mol. The number of Topliss-reactive ketones (excluding diaryl/α,β-unsaturated/α-hetero) is 1. The van der Waals surface area contributed by atoms with Crippen LogP contribution in [0, 0.1) is 0 Å². The highest BCUT2D eigenvalue weighted by Gasteiger charge is 2.17. The lowest BCUT2D eigenvalue weighted by Crippen LogP contribution is -2.40. The molecule has 0 N–H and O–H groups in total. The molecule has 3 aromatic carbocycles. The van der Waals surface area contributed by atoms with Crippen LogP contribution in [-0.2, 0) is 6.54 Å². The van der Waals surface area contributed by atoms with Crippen molar-refractivity contribution in [1.82, 2.24) is 9.13 Å². The van der Waals surface area contributed by atoms with Gasteiger partial charge in [0.25, 0.3) is 5.56 Å². The van der Waals surface area contributed by atoms with Crippen LogP contribution in [0.3, 0.4) is 0 Å². The fraction of sp³-hybridized carbons (Fsp3) is 0.0455. The number of para-hydroxylation sites is 1. The van der Waals surface area contributed by atoms with E-state index in [0.29, 0.717) is 22.2 Å². The standard InChI is InChI=1S/C22H15BrN2O3/c23-16-11-12-19-18(13-16)21(27)25(17-9-5-2-6-10-17)22(28)24(19)14-20(26)15-7-3-1-4-8-15/h1-13H,14H2. The van der Waals surface area contributed by atoms with E-state index in [-0.39, 0.29) is 12.3 Å². The first-order valence-electron chi connectivity index (χ1n) is 8.65. The average Bonchev–Trinajstić information content (AvgIpc) is 2.72. The van der Waals surface area contributed by atoms with Crippen LogP contribution in [0.15, 0.2) is 92.9 Å². The molecule has 0 amide bonds. The van der Waals surface area contributed by atoms with Crippen LogP contribution in [0.4, 0.5) is 0 Å². The van der Waals surface area contributed by atoms with Crippen molar-refractivity contribution in [3.8, 4) is 5.69 Å². The Balaban J connectivity index is 1.99. The third kappa shape index (κ3) is 3.23. The number of aromatic nitrogens is 2. The van der Waals surface area contributed by atoms with E-state index in [1.807, 2.05) is 12.1 Å². The molecule has 0 saturated carbocycles. The number of ketones is 1.